The fraction of sp³-hybridized carbons (Fsp3) is 1.00. The van der Waals surface area contributed by atoms with E-state index < -0.39 is 0 Å². The van der Waals surface area contributed by atoms with E-state index in [1.807, 2.05) is 6.92 Å². The molecule has 1 aliphatic rings. The molecule has 108 valence electrons. The second kappa shape index (κ2) is 8.10. The van der Waals surface area contributed by atoms with Crippen molar-refractivity contribution < 1.29 is 14.6 Å². The Hall–Kier alpha value is -0.160. The lowest BCUT2D eigenvalue weighted by Gasteiger charge is -2.44. The summed E-state index contributed by atoms with van der Waals surface area (Å²) >= 11 is 0. The van der Waals surface area contributed by atoms with E-state index in [0.717, 1.165) is 25.9 Å². The van der Waals surface area contributed by atoms with Gasteiger partial charge in [0, 0.05) is 26.3 Å². The van der Waals surface area contributed by atoms with E-state index >= 15 is 0 Å². The zero-order valence-corrected chi connectivity index (χ0v) is 12.2. The molecule has 18 heavy (non-hydrogen) atoms. The van der Waals surface area contributed by atoms with Gasteiger partial charge in [-0.2, -0.15) is 0 Å². The number of aliphatic hydroxyl groups is 1. The second-order valence-electron chi connectivity index (χ2n) is 5.09. The van der Waals surface area contributed by atoms with E-state index in [4.69, 9.17) is 9.47 Å². The largest absolute Gasteiger partial charge is 0.392 e. The molecule has 1 fully saturated rings. The van der Waals surface area contributed by atoms with Crippen LogP contribution in [0.3, 0.4) is 0 Å². The molecule has 4 heteroatoms. The Bertz CT molecular complexity index is 221. The molecule has 0 spiro atoms. The van der Waals surface area contributed by atoms with Gasteiger partial charge in [-0.3, -0.25) is 0 Å². The highest BCUT2D eigenvalue weighted by molar-refractivity contribution is 4.97. The summed E-state index contributed by atoms with van der Waals surface area (Å²) in [7, 11) is 1.72. The molecule has 0 bridgehead atoms. The van der Waals surface area contributed by atoms with Crippen LogP contribution in [0.4, 0.5) is 0 Å². The fourth-order valence-corrected chi connectivity index (χ4v) is 2.75. The van der Waals surface area contributed by atoms with Gasteiger partial charge in [0.25, 0.3) is 0 Å². The average Bonchev–Trinajstić information content (AvgIpc) is 2.34. The Labute approximate surface area is 111 Å². The molecule has 0 amide bonds. The summed E-state index contributed by atoms with van der Waals surface area (Å²) in [5.41, 5.74) is 0. The lowest BCUT2D eigenvalue weighted by molar-refractivity contribution is -0.132. The van der Waals surface area contributed by atoms with Gasteiger partial charge in [-0.1, -0.05) is 26.7 Å². The van der Waals surface area contributed by atoms with Crippen LogP contribution in [0.25, 0.3) is 0 Å². The van der Waals surface area contributed by atoms with E-state index in [1.54, 1.807) is 7.11 Å². The van der Waals surface area contributed by atoms with Crippen LogP contribution < -0.4 is 5.32 Å². The first-order valence-corrected chi connectivity index (χ1v) is 7.23. The van der Waals surface area contributed by atoms with Gasteiger partial charge in [-0.25, -0.2) is 0 Å². The molecule has 4 unspecified atom stereocenters. The molecule has 0 radical (unpaired) electrons. The number of methoxy groups -OCH3 is 1. The van der Waals surface area contributed by atoms with Crippen molar-refractivity contribution >= 4 is 0 Å². The highest BCUT2D eigenvalue weighted by Gasteiger charge is 2.42. The van der Waals surface area contributed by atoms with Gasteiger partial charge in [-0.05, 0) is 19.3 Å². The van der Waals surface area contributed by atoms with Crippen molar-refractivity contribution in [1.82, 2.24) is 5.32 Å². The van der Waals surface area contributed by atoms with Crippen LogP contribution in [0.15, 0.2) is 0 Å². The minimum absolute atomic E-state index is 0.124. The highest BCUT2D eigenvalue weighted by atomic mass is 16.5. The molecule has 0 aromatic carbocycles. The van der Waals surface area contributed by atoms with Gasteiger partial charge in [-0.15, -0.1) is 0 Å². The van der Waals surface area contributed by atoms with Crippen molar-refractivity contribution in [3.8, 4) is 0 Å². The summed E-state index contributed by atoms with van der Waals surface area (Å²) in [5, 5.41) is 13.5. The average molecular weight is 259 g/mol. The van der Waals surface area contributed by atoms with Gasteiger partial charge in [0.1, 0.15) is 0 Å². The van der Waals surface area contributed by atoms with Crippen LogP contribution in [0.2, 0.25) is 0 Å². The Kier molecular flexibility index (Phi) is 7.15. The zero-order chi connectivity index (χ0) is 13.5. The van der Waals surface area contributed by atoms with E-state index in [0.29, 0.717) is 18.5 Å². The maximum atomic E-state index is 10.1. The Morgan fingerprint density at radius 2 is 1.94 bits per heavy atom. The molecule has 0 heterocycles. The van der Waals surface area contributed by atoms with Crippen molar-refractivity contribution in [3.63, 3.8) is 0 Å². The summed E-state index contributed by atoms with van der Waals surface area (Å²) in [4.78, 5) is 0. The van der Waals surface area contributed by atoms with Gasteiger partial charge in [0.05, 0.1) is 18.3 Å². The topological polar surface area (TPSA) is 50.7 Å². The molecule has 1 aliphatic carbocycles. The molecule has 4 nitrogen and oxygen atoms in total. The van der Waals surface area contributed by atoms with E-state index in [9.17, 15) is 5.11 Å². The van der Waals surface area contributed by atoms with Crippen molar-refractivity contribution in [2.24, 2.45) is 5.92 Å². The monoisotopic (exact) mass is 259 g/mol. The van der Waals surface area contributed by atoms with Gasteiger partial charge < -0.3 is 19.9 Å². The maximum absolute atomic E-state index is 10.1. The lowest BCUT2D eigenvalue weighted by atomic mass is 9.84. The molecule has 2 N–H and O–H groups in total. The normalized spacial score (nSPS) is 29.3. The first-order chi connectivity index (χ1) is 8.67. The molecule has 4 atom stereocenters. The predicted octanol–water partition coefficient (Wildman–Crippen LogP) is 1.57. The summed E-state index contributed by atoms with van der Waals surface area (Å²) in [6, 6.07) is 0.315. The number of ether oxygens (including phenoxy) is 2. The molecule has 0 aromatic rings. The zero-order valence-electron chi connectivity index (χ0n) is 12.2. The van der Waals surface area contributed by atoms with Gasteiger partial charge in [0.15, 0.2) is 0 Å². The number of hydrogen-bond acceptors (Lipinski definition) is 4. The van der Waals surface area contributed by atoms with Gasteiger partial charge in [0.2, 0.25) is 0 Å². The third kappa shape index (κ3) is 3.92. The number of nitrogens with one attached hydrogen (secondary N) is 1. The summed E-state index contributed by atoms with van der Waals surface area (Å²) in [5.74, 6) is 0.390. The molecule has 1 saturated carbocycles. The quantitative estimate of drug-likeness (QED) is 0.660. The Balaban J connectivity index is 2.28. The summed E-state index contributed by atoms with van der Waals surface area (Å²) in [6.45, 7) is 7.64. The SMILES string of the molecule is CCOC1CC(NCC(O)C(CC)CC)C1OC. The molecule has 0 saturated heterocycles. The minimum Gasteiger partial charge on any atom is -0.392 e. The van der Waals surface area contributed by atoms with Crippen LogP contribution in [-0.2, 0) is 9.47 Å². The van der Waals surface area contributed by atoms with E-state index in [-0.39, 0.29) is 18.3 Å². The van der Waals surface area contributed by atoms with Crippen LogP contribution in [-0.4, -0.2) is 49.7 Å². The Morgan fingerprint density at radius 3 is 2.44 bits per heavy atom. The van der Waals surface area contributed by atoms with Crippen LogP contribution in [0.5, 0.6) is 0 Å². The Morgan fingerprint density at radius 1 is 1.28 bits per heavy atom. The first-order valence-electron chi connectivity index (χ1n) is 7.23. The smallest absolute Gasteiger partial charge is 0.0986 e. The summed E-state index contributed by atoms with van der Waals surface area (Å²) in [6.07, 6.45) is 3.10. The summed E-state index contributed by atoms with van der Waals surface area (Å²) < 4.78 is 11.0. The first kappa shape index (κ1) is 15.9. The second-order valence-corrected chi connectivity index (χ2v) is 5.09. The third-order valence-corrected chi connectivity index (χ3v) is 4.08. The van der Waals surface area contributed by atoms with E-state index in [1.165, 1.54) is 0 Å². The maximum Gasteiger partial charge on any atom is 0.0986 e. The molecule has 0 aliphatic heterocycles. The number of aliphatic hydroxyl groups excluding tert-OH is 1. The fourth-order valence-electron chi connectivity index (χ4n) is 2.75. The van der Waals surface area contributed by atoms with Crippen LogP contribution in [0.1, 0.15) is 40.0 Å². The molecule has 1 rings (SSSR count). The standard InChI is InChI=1S/C14H29NO3/c1-5-10(6-2)12(16)9-15-11-8-13(18-7-3)14(11)17-4/h10-16H,5-9H2,1-4H3. The van der Waals surface area contributed by atoms with Crippen LogP contribution in [0, 0.1) is 5.92 Å². The van der Waals surface area contributed by atoms with Crippen molar-refractivity contribution in [1.29, 1.82) is 0 Å². The predicted molar refractivity (Wildman–Crippen MR) is 72.7 cm³/mol. The number of hydrogen-bond donors (Lipinski definition) is 2. The van der Waals surface area contributed by atoms with Crippen molar-refractivity contribution in [3.05, 3.63) is 0 Å². The van der Waals surface area contributed by atoms with Crippen molar-refractivity contribution in [2.75, 3.05) is 20.3 Å². The molecule has 0 aromatic heterocycles. The van der Waals surface area contributed by atoms with Crippen molar-refractivity contribution in [2.45, 2.75) is 64.4 Å². The molecular formula is C14H29NO3. The van der Waals surface area contributed by atoms with Gasteiger partial charge >= 0.3 is 0 Å². The highest BCUT2D eigenvalue weighted by Crippen LogP contribution is 2.27. The third-order valence-electron chi connectivity index (χ3n) is 4.08. The number of rotatable bonds is 9. The van der Waals surface area contributed by atoms with Crippen LogP contribution >= 0.6 is 0 Å². The van der Waals surface area contributed by atoms with E-state index in [2.05, 4.69) is 19.2 Å². The lowest BCUT2D eigenvalue weighted by Crippen LogP contribution is -2.61. The minimum atomic E-state index is -0.261. The molecular weight excluding hydrogens is 230 g/mol.